The van der Waals surface area contributed by atoms with Gasteiger partial charge in [-0.1, -0.05) is 54.1 Å². The molecule has 0 spiro atoms. The molecule has 306 valence electrons. The van der Waals surface area contributed by atoms with Gasteiger partial charge in [-0.15, -0.1) is 0 Å². The molecule has 3 aliphatic rings. The summed E-state index contributed by atoms with van der Waals surface area (Å²) in [5.41, 5.74) is 7.81. The van der Waals surface area contributed by atoms with Gasteiger partial charge < -0.3 is 24.8 Å². The minimum absolute atomic E-state index is 0.0726. The van der Waals surface area contributed by atoms with Gasteiger partial charge in [0.1, 0.15) is 48.6 Å². The first-order valence-corrected chi connectivity index (χ1v) is 22.4. The standard InChI is InChI=1S/C35H37N7O13P2S/c1-19-3-7-21(8-4-19)29(44)22-9-5-20(6-10-22)16-58-57(48)51-14-24-23(13-27(52-24)41-12-11-26(43)40-35(41)45)54-56(46,47)50-15-25-30(49-2)31(55-57)34(53-25)42-18-39-28-32(36)37-17-38-33(28)42/h3-12,17-18,23-25,27,30-31,34H,13-16H2,1-2H3,(H,46,47)(H2,36,37,38)(H,40,43,45)/t23-,24+,25+,27?,30+,31+,34?,57?/m0/s1. The van der Waals surface area contributed by atoms with E-state index in [-0.39, 0.29) is 34.9 Å². The van der Waals surface area contributed by atoms with Crippen LogP contribution >= 0.6 is 26.0 Å². The van der Waals surface area contributed by atoms with Crippen LogP contribution in [0.4, 0.5) is 5.82 Å². The number of aromatic amines is 1. The molecule has 4 N–H and O–H groups in total. The molecular weight excluding hydrogens is 820 g/mol. The topological polar surface area (TPSA) is 261 Å². The van der Waals surface area contributed by atoms with Crippen molar-refractivity contribution in [1.82, 2.24) is 29.1 Å². The summed E-state index contributed by atoms with van der Waals surface area (Å²) in [4.78, 5) is 63.2. The fraction of sp³-hybridized carbons (Fsp3) is 0.371. The number of hydrogen-bond donors (Lipinski definition) is 3. The number of phosphoric ester groups is 1. The Hall–Kier alpha value is -4.37. The number of aryl methyl sites for hydroxylation is 1. The fourth-order valence-electron chi connectivity index (χ4n) is 6.86. The van der Waals surface area contributed by atoms with Crippen LogP contribution in [-0.2, 0) is 47.2 Å². The van der Waals surface area contributed by atoms with E-state index in [2.05, 4.69) is 19.9 Å². The number of carbonyl (C=O) groups excluding carboxylic acids is 1. The minimum atomic E-state index is -4.88. The molecule has 6 heterocycles. The number of hydrogen-bond acceptors (Lipinski definition) is 17. The van der Waals surface area contributed by atoms with Crippen LogP contribution in [-0.4, -0.2) is 90.6 Å². The summed E-state index contributed by atoms with van der Waals surface area (Å²) >= 11 is 0.829. The molecule has 5 aromatic rings. The van der Waals surface area contributed by atoms with Gasteiger partial charge in [-0.3, -0.25) is 41.8 Å². The first-order valence-electron chi connectivity index (χ1n) is 17.8. The Morgan fingerprint density at radius 2 is 1.67 bits per heavy atom. The van der Waals surface area contributed by atoms with Crippen molar-refractivity contribution in [1.29, 1.82) is 0 Å². The van der Waals surface area contributed by atoms with Crippen LogP contribution < -0.4 is 17.0 Å². The Kier molecular flexibility index (Phi) is 11.4. The van der Waals surface area contributed by atoms with E-state index in [0.29, 0.717) is 16.7 Å². The maximum Gasteiger partial charge on any atom is 0.472 e. The average molecular weight is 858 g/mol. The Bertz CT molecular complexity index is 2540. The lowest BCUT2D eigenvalue weighted by Crippen LogP contribution is -2.37. The first kappa shape index (κ1) is 40.4. The molecule has 3 saturated heterocycles. The number of phosphoric acid groups is 1. The third-order valence-electron chi connectivity index (χ3n) is 9.80. The lowest BCUT2D eigenvalue weighted by Gasteiger charge is -2.28. The summed E-state index contributed by atoms with van der Waals surface area (Å²) in [5.74, 6) is 0.00328. The molecule has 20 nitrogen and oxygen atoms in total. The largest absolute Gasteiger partial charge is 0.472 e. The molecule has 3 fully saturated rings. The van der Waals surface area contributed by atoms with Crippen LogP contribution in [0.5, 0.6) is 0 Å². The molecule has 0 saturated carbocycles. The zero-order valence-corrected chi connectivity index (χ0v) is 33.4. The number of ether oxygens (including phenoxy) is 3. The molecule has 4 unspecified atom stereocenters. The number of nitrogens with one attached hydrogen (secondary N) is 1. The van der Waals surface area contributed by atoms with Crippen molar-refractivity contribution in [3.8, 4) is 0 Å². The Balaban J connectivity index is 1.12. The maximum absolute atomic E-state index is 15.1. The number of carbonyl (C=O) groups is 1. The SMILES string of the molecule is CO[C@@H]1[C@H]2COP(=O)(O)O[C@H]3CC(n4ccc(=O)[nH]c4=O)O[C@@H]3COP(=O)(SCc3ccc(C(=O)c4ccc(C)cc4)cc3)O[C@H]1C(n1cnc3c(N)ncnc31)O2. The number of imidazole rings is 1. The van der Waals surface area contributed by atoms with Crippen molar-refractivity contribution in [2.45, 2.75) is 62.1 Å². The third-order valence-corrected chi connectivity index (χ3v) is 14.5. The van der Waals surface area contributed by atoms with Gasteiger partial charge in [0, 0.05) is 42.7 Å². The number of rotatable bonds is 8. The fourth-order valence-corrected chi connectivity index (χ4v) is 11.2. The van der Waals surface area contributed by atoms with E-state index >= 15 is 4.57 Å². The van der Waals surface area contributed by atoms with Crippen molar-refractivity contribution in [2.75, 3.05) is 26.1 Å². The molecule has 2 bridgehead atoms. The summed E-state index contributed by atoms with van der Waals surface area (Å²) in [7, 11) is -3.53. The Morgan fingerprint density at radius 3 is 2.40 bits per heavy atom. The van der Waals surface area contributed by atoms with E-state index in [1.807, 2.05) is 19.1 Å². The highest BCUT2D eigenvalue weighted by Crippen LogP contribution is 2.65. The number of nitrogen functional groups attached to an aromatic ring is 1. The van der Waals surface area contributed by atoms with Crippen molar-refractivity contribution >= 4 is 48.8 Å². The molecule has 9 atom stereocenters. The number of nitrogens with zero attached hydrogens (tertiary/aromatic N) is 5. The minimum Gasteiger partial charge on any atom is -0.382 e. The van der Waals surface area contributed by atoms with E-state index in [0.717, 1.165) is 27.6 Å². The van der Waals surface area contributed by atoms with Crippen LogP contribution in [0.2, 0.25) is 0 Å². The summed E-state index contributed by atoms with van der Waals surface area (Å²) in [6.07, 6.45) is -4.45. The van der Waals surface area contributed by atoms with Crippen LogP contribution in [0.1, 0.15) is 45.9 Å². The number of fused-ring (bicyclic) bond motifs is 4. The number of nitrogens with two attached hydrogens (primary N) is 1. The molecule has 0 amide bonds. The Morgan fingerprint density at radius 1 is 0.948 bits per heavy atom. The summed E-state index contributed by atoms with van der Waals surface area (Å²) in [6.45, 7) is -3.49. The quantitative estimate of drug-likeness (QED) is 0.149. The third kappa shape index (κ3) is 8.39. The van der Waals surface area contributed by atoms with Crippen molar-refractivity contribution in [3.05, 3.63) is 117 Å². The predicted octanol–water partition coefficient (Wildman–Crippen LogP) is 3.66. The molecular formula is C35H37N7O13P2S. The summed E-state index contributed by atoms with van der Waals surface area (Å²) in [5, 5.41) is 0. The first-order chi connectivity index (χ1) is 27.8. The van der Waals surface area contributed by atoms with E-state index in [1.54, 1.807) is 36.4 Å². The van der Waals surface area contributed by atoms with Gasteiger partial charge in [-0.2, -0.15) is 0 Å². The van der Waals surface area contributed by atoms with Gasteiger partial charge >= 0.3 is 20.3 Å². The van der Waals surface area contributed by atoms with E-state index in [1.165, 1.54) is 30.5 Å². The second-order valence-corrected chi connectivity index (χ2v) is 19.1. The van der Waals surface area contributed by atoms with E-state index < -0.39 is 82.1 Å². The molecule has 0 radical (unpaired) electrons. The zero-order valence-electron chi connectivity index (χ0n) is 30.8. The molecule has 0 aliphatic carbocycles. The summed E-state index contributed by atoms with van der Waals surface area (Å²) < 4.78 is 72.9. The van der Waals surface area contributed by atoms with E-state index in [4.69, 9.17) is 38.0 Å². The Labute approximate surface area is 332 Å². The lowest BCUT2D eigenvalue weighted by molar-refractivity contribution is -0.0636. The van der Waals surface area contributed by atoms with Gasteiger partial charge in [0.05, 0.1) is 19.5 Å². The lowest BCUT2D eigenvalue weighted by atomic mass is 10.0. The maximum atomic E-state index is 15.1. The molecule has 3 aliphatic heterocycles. The second-order valence-electron chi connectivity index (χ2n) is 13.6. The van der Waals surface area contributed by atoms with Crippen molar-refractivity contribution < 1.29 is 51.1 Å². The predicted molar refractivity (Wildman–Crippen MR) is 206 cm³/mol. The number of methoxy groups -OCH3 is 1. The number of benzene rings is 2. The highest BCUT2D eigenvalue weighted by molar-refractivity contribution is 8.54. The zero-order chi connectivity index (χ0) is 40.8. The van der Waals surface area contributed by atoms with Crippen LogP contribution in [0.15, 0.2) is 83.0 Å². The average Bonchev–Trinajstić information content (AvgIpc) is 3.91. The number of H-pyrrole nitrogens is 1. The molecule has 2 aromatic carbocycles. The number of aromatic nitrogens is 6. The summed E-state index contributed by atoms with van der Waals surface area (Å²) in [6, 6.07) is 15.2. The normalized spacial score (nSPS) is 30.3. The van der Waals surface area contributed by atoms with Crippen LogP contribution in [0.3, 0.4) is 0 Å². The molecule has 3 aromatic heterocycles. The number of anilines is 1. The monoisotopic (exact) mass is 857 g/mol. The van der Waals surface area contributed by atoms with Crippen molar-refractivity contribution in [2.24, 2.45) is 0 Å². The smallest absolute Gasteiger partial charge is 0.382 e. The van der Waals surface area contributed by atoms with Crippen LogP contribution in [0.25, 0.3) is 11.2 Å². The van der Waals surface area contributed by atoms with Gasteiger partial charge in [0.15, 0.2) is 23.5 Å². The second kappa shape index (κ2) is 16.4. The number of ketones is 1. The van der Waals surface area contributed by atoms with Gasteiger partial charge in [-0.25, -0.2) is 28.9 Å². The molecule has 8 rings (SSSR count). The van der Waals surface area contributed by atoms with Crippen LogP contribution in [0, 0.1) is 6.92 Å². The van der Waals surface area contributed by atoms with E-state index in [9.17, 15) is 23.8 Å². The van der Waals surface area contributed by atoms with Crippen molar-refractivity contribution in [3.63, 3.8) is 0 Å². The highest BCUT2D eigenvalue weighted by Gasteiger charge is 2.53. The molecule has 23 heteroatoms. The highest BCUT2D eigenvalue weighted by atomic mass is 32.7. The van der Waals surface area contributed by atoms with Gasteiger partial charge in [0.25, 0.3) is 5.56 Å². The van der Waals surface area contributed by atoms with Gasteiger partial charge in [-0.05, 0) is 23.9 Å². The molecule has 58 heavy (non-hydrogen) atoms. The van der Waals surface area contributed by atoms with Gasteiger partial charge in [0.2, 0.25) is 0 Å².